The number of H-pyrrole nitrogens is 1. The molecule has 1 fully saturated rings. The second kappa shape index (κ2) is 8.49. The van der Waals surface area contributed by atoms with E-state index in [2.05, 4.69) is 27.3 Å². The number of aromatic nitrogens is 1. The molecule has 0 spiro atoms. The lowest BCUT2D eigenvalue weighted by molar-refractivity contribution is -0.137. The van der Waals surface area contributed by atoms with Gasteiger partial charge < -0.3 is 15.2 Å². The second-order valence-corrected chi connectivity index (χ2v) is 7.46. The molecule has 0 bridgehead atoms. The Bertz CT molecular complexity index is 998. The fourth-order valence-corrected chi connectivity index (χ4v) is 4.02. The van der Waals surface area contributed by atoms with Crippen molar-refractivity contribution in [1.29, 1.82) is 0 Å². The van der Waals surface area contributed by atoms with Crippen molar-refractivity contribution < 1.29 is 9.59 Å². The lowest BCUT2D eigenvalue weighted by Gasteiger charge is -2.40. The minimum Gasteiger partial charge on any atom is -0.361 e. The maximum atomic E-state index is 13.0. The van der Waals surface area contributed by atoms with Crippen LogP contribution in [-0.2, 0) is 22.6 Å². The third-order valence-electron chi connectivity index (χ3n) is 5.64. The summed E-state index contributed by atoms with van der Waals surface area (Å²) < 4.78 is 0. The summed E-state index contributed by atoms with van der Waals surface area (Å²) in [5, 5.41) is 3.83. The highest BCUT2D eigenvalue weighted by molar-refractivity contribution is 5.89. The monoisotopic (exact) mass is 390 g/mol. The number of piperazine rings is 1. The SMILES string of the molecule is CNC(=O)C1CN(C(=O)Cc2c[nH]c3ccccc23)CCN1Cc1ccccc1. The topological polar surface area (TPSA) is 68.4 Å². The summed E-state index contributed by atoms with van der Waals surface area (Å²) in [4.78, 5) is 32.7. The zero-order valence-electron chi connectivity index (χ0n) is 16.6. The van der Waals surface area contributed by atoms with Gasteiger partial charge in [0.05, 0.1) is 6.42 Å². The molecule has 1 aliphatic heterocycles. The number of nitrogens with one attached hydrogen (secondary N) is 2. The van der Waals surface area contributed by atoms with Gasteiger partial charge in [0.15, 0.2) is 0 Å². The van der Waals surface area contributed by atoms with E-state index in [0.29, 0.717) is 32.6 Å². The number of fused-ring (bicyclic) bond motifs is 1. The molecule has 6 nitrogen and oxygen atoms in total. The van der Waals surface area contributed by atoms with Crippen LogP contribution in [-0.4, -0.2) is 59.3 Å². The van der Waals surface area contributed by atoms with Crippen LogP contribution in [0.3, 0.4) is 0 Å². The van der Waals surface area contributed by atoms with E-state index in [4.69, 9.17) is 0 Å². The molecule has 1 atom stereocenters. The molecule has 2 N–H and O–H groups in total. The van der Waals surface area contributed by atoms with Gasteiger partial charge in [0.2, 0.25) is 11.8 Å². The van der Waals surface area contributed by atoms with Gasteiger partial charge in [-0.05, 0) is 17.2 Å². The molecule has 1 aromatic heterocycles. The van der Waals surface area contributed by atoms with Gasteiger partial charge in [-0.15, -0.1) is 0 Å². The van der Waals surface area contributed by atoms with Gasteiger partial charge >= 0.3 is 0 Å². The Labute approximate surface area is 170 Å². The number of aromatic amines is 1. The van der Waals surface area contributed by atoms with Crippen molar-refractivity contribution >= 4 is 22.7 Å². The second-order valence-electron chi connectivity index (χ2n) is 7.46. The summed E-state index contributed by atoms with van der Waals surface area (Å²) in [6.07, 6.45) is 2.24. The smallest absolute Gasteiger partial charge is 0.238 e. The summed E-state index contributed by atoms with van der Waals surface area (Å²) in [7, 11) is 1.65. The minimum absolute atomic E-state index is 0.0504. The zero-order chi connectivity index (χ0) is 20.2. The normalized spacial score (nSPS) is 17.4. The summed E-state index contributed by atoms with van der Waals surface area (Å²) in [5.41, 5.74) is 3.19. The first-order chi connectivity index (χ1) is 14.2. The van der Waals surface area contributed by atoms with Gasteiger partial charge in [0.1, 0.15) is 6.04 Å². The molecular formula is C23H26N4O2. The zero-order valence-corrected chi connectivity index (χ0v) is 16.6. The van der Waals surface area contributed by atoms with Crippen LogP contribution >= 0.6 is 0 Å². The Kier molecular flexibility index (Phi) is 5.62. The highest BCUT2D eigenvalue weighted by Gasteiger charge is 2.33. The first-order valence-electron chi connectivity index (χ1n) is 9.98. The number of hydrogen-bond acceptors (Lipinski definition) is 3. The average molecular weight is 390 g/mol. The Morgan fingerprint density at radius 1 is 1.07 bits per heavy atom. The highest BCUT2D eigenvalue weighted by Crippen LogP contribution is 2.20. The molecule has 6 heteroatoms. The van der Waals surface area contributed by atoms with Crippen molar-refractivity contribution in [3.05, 3.63) is 71.9 Å². The lowest BCUT2D eigenvalue weighted by atomic mass is 10.1. The fourth-order valence-electron chi connectivity index (χ4n) is 4.02. The van der Waals surface area contributed by atoms with Crippen LogP contribution in [0.15, 0.2) is 60.8 Å². The summed E-state index contributed by atoms with van der Waals surface area (Å²) in [6.45, 7) is 2.41. The third-order valence-corrected chi connectivity index (χ3v) is 5.64. The maximum absolute atomic E-state index is 13.0. The van der Waals surface area contributed by atoms with Crippen molar-refractivity contribution in [2.75, 3.05) is 26.7 Å². The molecule has 1 unspecified atom stereocenters. The summed E-state index contributed by atoms with van der Waals surface area (Å²) in [6, 6.07) is 17.8. The van der Waals surface area contributed by atoms with E-state index in [9.17, 15) is 9.59 Å². The molecule has 2 aromatic carbocycles. The van der Waals surface area contributed by atoms with Crippen LogP contribution in [0.25, 0.3) is 10.9 Å². The van der Waals surface area contributed by atoms with Gasteiger partial charge in [-0.2, -0.15) is 0 Å². The fraction of sp³-hybridized carbons (Fsp3) is 0.304. The molecule has 1 aliphatic rings. The lowest BCUT2D eigenvalue weighted by Crippen LogP contribution is -2.59. The number of carbonyl (C=O) groups excluding carboxylic acids is 2. The van der Waals surface area contributed by atoms with Crippen LogP contribution in [0.2, 0.25) is 0 Å². The quantitative estimate of drug-likeness (QED) is 0.702. The number of hydrogen-bond donors (Lipinski definition) is 2. The molecule has 0 radical (unpaired) electrons. The van der Waals surface area contributed by atoms with Gasteiger partial charge in [-0.25, -0.2) is 0 Å². The predicted octanol–water partition coefficient (Wildman–Crippen LogP) is 2.17. The van der Waals surface area contributed by atoms with Crippen molar-refractivity contribution in [2.24, 2.45) is 0 Å². The molecule has 29 heavy (non-hydrogen) atoms. The van der Waals surface area contributed by atoms with E-state index >= 15 is 0 Å². The van der Waals surface area contributed by atoms with Crippen LogP contribution in [0.5, 0.6) is 0 Å². The Morgan fingerprint density at radius 3 is 2.62 bits per heavy atom. The van der Waals surface area contributed by atoms with Crippen LogP contribution in [0.4, 0.5) is 0 Å². The number of carbonyl (C=O) groups is 2. The number of benzene rings is 2. The van der Waals surface area contributed by atoms with E-state index in [1.807, 2.05) is 53.6 Å². The van der Waals surface area contributed by atoms with Crippen molar-refractivity contribution in [3.8, 4) is 0 Å². The number of nitrogens with zero attached hydrogens (tertiary/aromatic N) is 2. The van der Waals surface area contributed by atoms with E-state index in [0.717, 1.165) is 16.5 Å². The van der Waals surface area contributed by atoms with Gasteiger partial charge in [0, 0.05) is 50.3 Å². The van der Waals surface area contributed by atoms with Gasteiger partial charge in [-0.1, -0.05) is 48.5 Å². The van der Waals surface area contributed by atoms with Crippen molar-refractivity contribution in [1.82, 2.24) is 20.1 Å². The first kappa shape index (κ1) is 19.2. The van der Waals surface area contributed by atoms with E-state index in [1.54, 1.807) is 7.05 Å². The molecular weight excluding hydrogens is 364 g/mol. The van der Waals surface area contributed by atoms with Crippen LogP contribution in [0, 0.1) is 0 Å². The molecule has 2 amide bonds. The average Bonchev–Trinajstić information content (AvgIpc) is 3.17. The van der Waals surface area contributed by atoms with Crippen molar-refractivity contribution in [3.63, 3.8) is 0 Å². The number of para-hydroxylation sites is 1. The predicted molar refractivity (Wildman–Crippen MR) is 113 cm³/mol. The molecule has 150 valence electrons. The van der Waals surface area contributed by atoms with Crippen LogP contribution < -0.4 is 5.32 Å². The van der Waals surface area contributed by atoms with E-state index in [-0.39, 0.29) is 17.9 Å². The first-order valence-corrected chi connectivity index (χ1v) is 9.98. The molecule has 3 aromatic rings. The molecule has 2 heterocycles. The standard InChI is InChI=1S/C23H26N4O2/c1-24-23(29)21-16-27(12-11-26(21)15-17-7-3-2-4-8-17)22(28)13-18-14-25-20-10-6-5-9-19(18)20/h2-10,14,21,25H,11-13,15-16H2,1H3,(H,24,29). The van der Waals surface area contributed by atoms with E-state index < -0.39 is 0 Å². The third kappa shape index (κ3) is 4.17. The molecule has 0 saturated carbocycles. The van der Waals surface area contributed by atoms with Crippen molar-refractivity contribution in [2.45, 2.75) is 19.0 Å². The Hall–Kier alpha value is -3.12. The largest absolute Gasteiger partial charge is 0.361 e. The Balaban J connectivity index is 1.46. The van der Waals surface area contributed by atoms with Crippen LogP contribution in [0.1, 0.15) is 11.1 Å². The number of amides is 2. The van der Waals surface area contributed by atoms with Gasteiger partial charge in [-0.3, -0.25) is 14.5 Å². The number of rotatable bonds is 5. The van der Waals surface area contributed by atoms with E-state index in [1.165, 1.54) is 5.56 Å². The molecule has 0 aliphatic carbocycles. The number of likely N-dealkylation sites (N-methyl/N-ethyl adjacent to an activating group) is 1. The molecule has 1 saturated heterocycles. The Morgan fingerprint density at radius 2 is 1.83 bits per heavy atom. The highest BCUT2D eigenvalue weighted by atomic mass is 16.2. The summed E-state index contributed by atoms with van der Waals surface area (Å²) >= 11 is 0. The van der Waals surface area contributed by atoms with Gasteiger partial charge in [0.25, 0.3) is 0 Å². The minimum atomic E-state index is -0.346. The molecule has 4 rings (SSSR count). The maximum Gasteiger partial charge on any atom is 0.238 e. The summed E-state index contributed by atoms with van der Waals surface area (Å²) in [5.74, 6) is 0.00791.